The van der Waals surface area contributed by atoms with Crippen molar-refractivity contribution < 1.29 is 27.2 Å². The summed E-state index contributed by atoms with van der Waals surface area (Å²) in [5.41, 5.74) is 0.989. The maximum absolute atomic E-state index is 13.1. The molecule has 3 aromatic carbocycles. The van der Waals surface area contributed by atoms with Crippen molar-refractivity contribution in [3.63, 3.8) is 0 Å². The summed E-state index contributed by atoms with van der Waals surface area (Å²) < 4.78 is 51.7. The average Bonchev–Trinajstić information content (AvgIpc) is 2.76. The van der Waals surface area contributed by atoms with Gasteiger partial charge in [-0.05, 0) is 53.1 Å². The summed E-state index contributed by atoms with van der Waals surface area (Å²) in [7, 11) is 0. The van der Waals surface area contributed by atoms with Gasteiger partial charge in [0.2, 0.25) is 5.91 Å². The Morgan fingerprint density at radius 1 is 0.806 bits per heavy atom. The van der Waals surface area contributed by atoms with Crippen LogP contribution in [-0.2, 0) is 17.5 Å². The molecule has 0 spiro atoms. The number of benzene rings is 3. The van der Waals surface area contributed by atoms with Crippen molar-refractivity contribution in [2.24, 2.45) is 0 Å². The van der Waals surface area contributed by atoms with E-state index in [9.17, 15) is 27.2 Å². The molecule has 3 aromatic rings. The molecule has 0 aliphatic rings. The molecule has 2 amide bonds. The molecule has 0 saturated carbocycles. The van der Waals surface area contributed by atoms with Gasteiger partial charge in [0.1, 0.15) is 5.82 Å². The fraction of sp³-hybridized carbons (Fsp3) is 0.130. The number of nitrogens with one attached hydrogen (secondary N) is 2. The summed E-state index contributed by atoms with van der Waals surface area (Å²) in [6, 6.07) is 16.7. The summed E-state index contributed by atoms with van der Waals surface area (Å²) in [6.07, 6.45) is -4.44. The van der Waals surface area contributed by atoms with Gasteiger partial charge in [-0.15, -0.1) is 0 Å². The van der Waals surface area contributed by atoms with Gasteiger partial charge in [-0.3, -0.25) is 9.59 Å². The van der Waals surface area contributed by atoms with E-state index in [2.05, 4.69) is 10.6 Å². The van der Waals surface area contributed by atoms with Gasteiger partial charge in [0.05, 0.1) is 12.1 Å². The van der Waals surface area contributed by atoms with Crippen LogP contribution in [0.15, 0.2) is 72.8 Å². The van der Waals surface area contributed by atoms with E-state index in [-0.39, 0.29) is 18.7 Å². The Labute approximate surface area is 175 Å². The van der Waals surface area contributed by atoms with Gasteiger partial charge in [0, 0.05) is 12.1 Å². The molecule has 0 radical (unpaired) electrons. The lowest BCUT2D eigenvalue weighted by Crippen LogP contribution is -2.36. The van der Waals surface area contributed by atoms with Crippen LogP contribution in [0.1, 0.15) is 21.5 Å². The monoisotopic (exact) mass is 430 g/mol. The normalized spacial score (nSPS) is 11.1. The summed E-state index contributed by atoms with van der Waals surface area (Å²) in [6.45, 7) is -0.151. The summed E-state index contributed by atoms with van der Waals surface area (Å²) in [4.78, 5) is 24.1. The lowest BCUT2D eigenvalue weighted by Gasteiger charge is -2.10. The molecule has 0 bridgehead atoms. The Morgan fingerprint density at radius 3 is 2.19 bits per heavy atom. The lowest BCUT2D eigenvalue weighted by atomic mass is 10.0. The van der Waals surface area contributed by atoms with Crippen molar-refractivity contribution >= 4 is 11.8 Å². The van der Waals surface area contributed by atoms with Crippen LogP contribution in [0.5, 0.6) is 0 Å². The van der Waals surface area contributed by atoms with Crippen LogP contribution in [0.3, 0.4) is 0 Å². The lowest BCUT2D eigenvalue weighted by molar-refractivity contribution is -0.137. The number of carbonyl (C=O) groups is 2. The van der Waals surface area contributed by atoms with Crippen LogP contribution in [0.2, 0.25) is 0 Å². The number of carbonyl (C=O) groups excluding carboxylic acids is 2. The van der Waals surface area contributed by atoms with E-state index in [1.165, 1.54) is 48.5 Å². The number of halogens is 4. The third-order valence-corrected chi connectivity index (χ3v) is 4.46. The molecule has 0 heterocycles. The van der Waals surface area contributed by atoms with E-state index < -0.39 is 29.4 Å². The molecular formula is C23H18F4N2O2. The first-order valence-electron chi connectivity index (χ1n) is 9.29. The standard InChI is InChI=1S/C23H18F4N2O2/c24-20-6-1-3-15(11-20)13-28-21(30)14-29-22(31)17-9-7-16(8-10-17)18-4-2-5-19(12-18)23(25,26)27/h1-12H,13-14H2,(H,28,30)(H,29,31). The molecule has 0 fully saturated rings. The fourth-order valence-electron chi connectivity index (χ4n) is 2.86. The molecule has 31 heavy (non-hydrogen) atoms. The SMILES string of the molecule is O=C(CNC(=O)c1ccc(-c2cccc(C(F)(F)F)c2)cc1)NCc1cccc(F)c1. The highest BCUT2D eigenvalue weighted by molar-refractivity contribution is 5.96. The number of amides is 2. The zero-order valence-corrected chi connectivity index (χ0v) is 16.2. The Bertz CT molecular complexity index is 1080. The van der Waals surface area contributed by atoms with Crippen molar-refractivity contribution in [1.29, 1.82) is 0 Å². The molecule has 4 nitrogen and oxygen atoms in total. The largest absolute Gasteiger partial charge is 0.416 e. The molecule has 8 heteroatoms. The van der Waals surface area contributed by atoms with E-state index in [0.717, 1.165) is 12.1 Å². The Kier molecular flexibility index (Phi) is 6.69. The van der Waals surface area contributed by atoms with Gasteiger partial charge in [0.25, 0.3) is 5.91 Å². The summed E-state index contributed by atoms with van der Waals surface area (Å²) >= 11 is 0. The second-order valence-electron chi connectivity index (χ2n) is 6.75. The Balaban J connectivity index is 1.55. The minimum absolute atomic E-state index is 0.123. The predicted octanol–water partition coefficient (Wildman–Crippen LogP) is 4.56. The van der Waals surface area contributed by atoms with Crippen LogP contribution in [-0.4, -0.2) is 18.4 Å². The van der Waals surface area contributed by atoms with Crippen LogP contribution >= 0.6 is 0 Å². The smallest absolute Gasteiger partial charge is 0.350 e. The second-order valence-corrected chi connectivity index (χ2v) is 6.75. The molecule has 0 aliphatic heterocycles. The maximum atomic E-state index is 13.1. The molecule has 0 aromatic heterocycles. The predicted molar refractivity (Wildman–Crippen MR) is 107 cm³/mol. The van der Waals surface area contributed by atoms with Crippen LogP contribution in [0.25, 0.3) is 11.1 Å². The Morgan fingerprint density at radius 2 is 1.52 bits per heavy atom. The van der Waals surface area contributed by atoms with E-state index in [0.29, 0.717) is 16.7 Å². The number of rotatable bonds is 6. The van der Waals surface area contributed by atoms with E-state index in [4.69, 9.17) is 0 Å². The van der Waals surface area contributed by atoms with Crippen molar-refractivity contribution in [2.45, 2.75) is 12.7 Å². The molecule has 0 atom stereocenters. The van der Waals surface area contributed by atoms with Gasteiger partial charge < -0.3 is 10.6 Å². The fourth-order valence-corrected chi connectivity index (χ4v) is 2.86. The minimum atomic E-state index is -4.44. The van der Waals surface area contributed by atoms with Crippen molar-refractivity contribution in [2.75, 3.05) is 6.54 Å². The topological polar surface area (TPSA) is 58.2 Å². The molecule has 2 N–H and O–H groups in total. The number of hydrogen-bond donors (Lipinski definition) is 2. The third kappa shape index (κ3) is 6.15. The zero-order chi connectivity index (χ0) is 22.4. The molecule has 0 saturated heterocycles. The maximum Gasteiger partial charge on any atom is 0.416 e. The van der Waals surface area contributed by atoms with Gasteiger partial charge >= 0.3 is 6.18 Å². The van der Waals surface area contributed by atoms with E-state index in [1.54, 1.807) is 12.1 Å². The highest BCUT2D eigenvalue weighted by Crippen LogP contribution is 2.32. The van der Waals surface area contributed by atoms with Crippen molar-refractivity contribution in [3.8, 4) is 11.1 Å². The summed E-state index contributed by atoms with van der Waals surface area (Å²) in [5, 5.41) is 5.03. The molecule has 3 rings (SSSR count). The highest BCUT2D eigenvalue weighted by atomic mass is 19.4. The van der Waals surface area contributed by atoms with Crippen LogP contribution in [0, 0.1) is 5.82 Å². The molecular weight excluding hydrogens is 412 g/mol. The van der Waals surface area contributed by atoms with Gasteiger partial charge in [0.15, 0.2) is 0 Å². The third-order valence-electron chi connectivity index (χ3n) is 4.46. The van der Waals surface area contributed by atoms with Crippen molar-refractivity contribution in [1.82, 2.24) is 10.6 Å². The number of alkyl halides is 3. The average molecular weight is 430 g/mol. The summed E-state index contributed by atoms with van der Waals surface area (Å²) in [5.74, 6) is -1.36. The van der Waals surface area contributed by atoms with E-state index in [1.807, 2.05) is 0 Å². The molecule has 0 unspecified atom stereocenters. The molecule has 0 aliphatic carbocycles. The molecule has 160 valence electrons. The van der Waals surface area contributed by atoms with Crippen LogP contribution in [0.4, 0.5) is 17.6 Å². The van der Waals surface area contributed by atoms with E-state index >= 15 is 0 Å². The quantitative estimate of drug-likeness (QED) is 0.564. The Hall–Kier alpha value is -3.68. The first-order valence-corrected chi connectivity index (χ1v) is 9.29. The van der Waals surface area contributed by atoms with Crippen molar-refractivity contribution in [3.05, 3.63) is 95.3 Å². The van der Waals surface area contributed by atoms with Gasteiger partial charge in [-0.2, -0.15) is 13.2 Å². The first-order chi connectivity index (χ1) is 14.7. The van der Waals surface area contributed by atoms with Gasteiger partial charge in [-0.1, -0.05) is 36.4 Å². The zero-order valence-electron chi connectivity index (χ0n) is 16.2. The minimum Gasteiger partial charge on any atom is -0.350 e. The number of hydrogen-bond acceptors (Lipinski definition) is 2. The highest BCUT2D eigenvalue weighted by Gasteiger charge is 2.30. The first kappa shape index (κ1) is 22.0. The second kappa shape index (κ2) is 9.42. The van der Waals surface area contributed by atoms with Crippen LogP contribution < -0.4 is 10.6 Å². The van der Waals surface area contributed by atoms with Gasteiger partial charge in [-0.25, -0.2) is 4.39 Å².